The van der Waals surface area contributed by atoms with Gasteiger partial charge in [0, 0.05) is 19.2 Å². The smallest absolute Gasteiger partial charge is 0.416 e. The number of aromatic nitrogens is 1. The van der Waals surface area contributed by atoms with E-state index >= 15 is 0 Å². The fraction of sp³-hybridized carbons (Fsp3) is 0.308. The lowest BCUT2D eigenvalue weighted by molar-refractivity contribution is -0.870. The van der Waals surface area contributed by atoms with Crippen molar-refractivity contribution < 1.29 is 27.6 Å². The number of urea groups is 1. The Morgan fingerprint density at radius 3 is 2.44 bits per heavy atom. The maximum absolute atomic E-state index is 13.4. The molecule has 1 aliphatic rings. The van der Waals surface area contributed by atoms with Crippen molar-refractivity contribution in [3.8, 4) is 11.9 Å². The molecule has 2 heterocycles. The normalized spacial score (nSPS) is 15.9. The van der Waals surface area contributed by atoms with Crippen LogP contribution in [-0.4, -0.2) is 47.9 Å². The maximum Gasteiger partial charge on any atom is 0.416 e. The Morgan fingerprint density at radius 2 is 1.83 bits per heavy atom. The minimum atomic E-state index is -4.57. The molecule has 0 unspecified atom stereocenters. The third-order valence-electron chi connectivity index (χ3n) is 6.10. The van der Waals surface area contributed by atoms with Gasteiger partial charge in [0.1, 0.15) is 0 Å². The summed E-state index contributed by atoms with van der Waals surface area (Å²) in [5.41, 5.74) is 0.901. The number of aromatic hydroxyl groups is 1. The van der Waals surface area contributed by atoms with E-state index in [1.165, 1.54) is 12.1 Å². The number of halogens is 3. The van der Waals surface area contributed by atoms with Crippen LogP contribution in [0.3, 0.4) is 0 Å². The second-order valence-corrected chi connectivity index (χ2v) is 9.81. The molecule has 1 atom stereocenters. The highest BCUT2D eigenvalue weighted by atomic mass is 19.4. The number of alkyl halides is 3. The van der Waals surface area contributed by atoms with E-state index in [-0.39, 0.29) is 11.6 Å². The first kappa shape index (κ1) is 25.1. The number of anilines is 2. The lowest BCUT2D eigenvalue weighted by Gasteiger charge is -2.33. The minimum absolute atomic E-state index is 0.0327. The Labute approximate surface area is 207 Å². The third kappa shape index (κ3) is 5.02. The van der Waals surface area contributed by atoms with Crippen LogP contribution in [0.5, 0.6) is 5.88 Å². The molecule has 1 aromatic heterocycles. The Balaban J connectivity index is 1.81. The number of hydrogen-bond donors (Lipinski definition) is 2. The highest BCUT2D eigenvalue weighted by Gasteiger charge is 2.38. The highest BCUT2D eigenvalue weighted by molar-refractivity contribution is 6.03. The van der Waals surface area contributed by atoms with Gasteiger partial charge < -0.3 is 19.5 Å². The predicted octanol–water partition coefficient (Wildman–Crippen LogP) is 5.13. The van der Waals surface area contributed by atoms with Crippen LogP contribution in [0.15, 0.2) is 54.7 Å². The number of carbonyl (C=O) groups excluding carboxylic acids is 1. The van der Waals surface area contributed by atoms with Crippen LogP contribution in [-0.2, 0) is 12.7 Å². The van der Waals surface area contributed by atoms with Crippen molar-refractivity contribution >= 4 is 17.4 Å². The molecule has 0 saturated heterocycles. The van der Waals surface area contributed by atoms with E-state index in [0.717, 1.165) is 34.5 Å². The predicted molar refractivity (Wildman–Crippen MR) is 129 cm³/mol. The van der Waals surface area contributed by atoms with Gasteiger partial charge in [-0.1, -0.05) is 18.2 Å². The summed E-state index contributed by atoms with van der Waals surface area (Å²) in [6.07, 6.45) is -2.23. The molecule has 2 amide bonds. The monoisotopic (exact) mass is 498 g/mol. The van der Waals surface area contributed by atoms with E-state index in [0.29, 0.717) is 28.9 Å². The van der Waals surface area contributed by atoms with E-state index in [1.807, 2.05) is 6.07 Å². The first-order chi connectivity index (χ1) is 16.9. The van der Waals surface area contributed by atoms with Gasteiger partial charge in [0.25, 0.3) is 0 Å². The Morgan fingerprint density at radius 1 is 1.14 bits per heavy atom. The lowest BCUT2D eigenvalue weighted by Crippen LogP contribution is -2.44. The fourth-order valence-corrected chi connectivity index (χ4v) is 4.34. The molecule has 0 aliphatic carbocycles. The summed E-state index contributed by atoms with van der Waals surface area (Å²) in [5.74, 6) is -0.0715. The Kier molecular flexibility index (Phi) is 6.45. The van der Waals surface area contributed by atoms with Crippen LogP contribution in [0, 0.1) is 11.3 Å². The molecule has 7 nitrogen and oxygen atoms in total. The molecule has 1 aliphatic heterocycles. The number of amides is 2. The zero-order chi connectivity index (χ0) is 26.3. The second kappa shape index (κ2) is 9.24. The summed E-state index contributed by atoms with van der Waals surface area (Å²) in [7, 11) is 6.16. The summed E-state index contributed by atoms with van der Waals surface area (Å²) < 4.78 is 42.5. The standard InChI is InChI=1S/C26H26F3N5O2/c1-34(2,3)13-5-12-32-16-21-22(24(32)35)23(18-10-8-17(15-30)9-11-18)31-25(36)33(21)20-7-4-6-19(14-20)26(27,28)29/h4,6-11,14,16,23H,5,12-13H2,1-3H3,(H-,31,35,36)/p+1/t23-/m1/s1. The first-order valence-corrected chi connectivity index (χ1v) is 11.4. The van der Waals surface area contributed by atoms with Crippen molar-refractivity contribution in [2.75, 3.05) is 32.6 Å². The average molecular weight is 499 g/mol. The lowest BCUT2D eigenvalue weighted by atomic mass is 9.96. The van der Waals surface area contributed by atoms with Gasteiger partial charge in [-0.15, -0.1) is 0 Å². The van der Waals surface area contributed by atoms with Crippen molar-refractivity contribution in [3.63, 3.8) is 0 Å². The average Bonchev–Trinajstić information content (AvgIpc) is 3.13. The molecule has 0 radical (unpaired) electrons. The molecule has 0 spiro atoms. The summed E-state index contributed by atoms with van der Waals surface area (Å²) in [4.78, 5) is 14.4. The van der Waals surface area contributed by atoms with Crippen molar-refractivity contribution in [1.29, 1.82) is 5.26 Å². The fourth-order valence-electron chi connectivity index (χ4n) is 4.34. The molecule has 10 heteroatoms. The number of benzene rings is 2. The van der Waals surface area contributed by atoms with Crippen LogP contribution in [0.4, 0.5) is 29.3 Å². The van der Waals surface area contributed by atoms with Gasteiger partial charge >= 0.3 is 12.2 Å². The minimum Gasteiger partial charge on any atom is -0.494 e. The molecule has 2 N–H and O–H groups in total. The van der Waals surface area contributed by atoms with Gasteiger partial charge in [0.2, 0.25) is 0 Å². The molecule has 0 bridgehead atoms. The highest BCUT2D eigenvalue weighted by Crippen LogP contribution is 2.45. The number of nitriles is 1. The first-order valence-electron chi connectivity index (χ1n) is 11.4. The van der Waals surface area contributed by atoms with Crippen molar-refractivity contribution in [2.24, 2.45) is 0 Å². The van der Waals surface area contributed by atoms with Gasteiger partial charge in [-0.05, 0) is 35.9 Å². The van der Waals surface area contributed by atoms with E-state index < -0.39 is 23.8 Å². The molecular formula is C26H27F3N5O2+. The zero-order valence-corrected chi connectivity index (χ0v) is 20.2. The number of nitrogens with zero attached hydrogens (tertiary/aromatic N) is 4. The van der Waals surface area contributed by atoms with E-state index in [2.05, 4.69) is 26.5 Å². The Bertz CT molecular complexity index is 1320. The third-order valence-corrected chi connectivity index (χ3v) is 6.10. The van der Waals surface area contributed by atoms with Gasteiger partial charge in [-0.2, -0.15) is 18.4 Å². The number of rotatable bonds is 6. The van der Waals surface area contributed by atoms with E-state index in [1.54, 1.807) is 35.0 Å². The topological polar surface area (TPSA) is 81.3 Å². The van der Waals surface area contributed by atoms with Crippen molar-refractivity contribution in [2.45, 2.75) is 25.2 Å². The van der Waals surface area contributed by atoms with Gasteiger partial charge in [-0.3, -0.25) is 4.90 Å². The number of quaternary nitrogens is 1. The molecule has 36 heavy (non-hydrogen) atoms. The van der Waals surface area contributed by atoms with Crippen LogP contribution in [0.2, 0.25) is 0 Å². The number of fused-ring (bicyclic) bond motifs is 1. The number of nitrogens with one attached hydrogen (secondary N) is 1. The molecule has 0 fully saturated rings. The van der Waals surface area contributed by atoms with Crippen molar-refractivity contribution in [3.05, 3.63) is 77.0 Å². The summed E-state index contributed by atoms with van der Waals surface area (Å²) in [6.45, 7) is 1.29. The molecule has 188 valence electrons. The van der Waals surface area contributed by atoms with E-state index in [4.69, 9.17) is 5.26 Å². The molecule has 2 aromatic carbocycles. The SMILES string of the molecule is C[N+](C)(C)CCCn1cc2c(c1O)[C@@H](c1ccc(C#N)cc1)NC(=O)N2c1cccc(C(F)(F)F)c1. The summed E-state index contributed by atoms with van der Waals surface area (Å²) >= 11 is 0. The largest absolute Gasteiger partial charge is 0.494 e. The summed E-state index contributed by atoms with van der Waals surface area (Å²) in [6, 6.07) is 11.8. The van der Waals surface area contributed by atoms with Crippen molar-refractivity contribution in [1.82, 2.24) is 9.88 Å². The van der Waals surface area contributed by atoms with Gasteiger partial charge in [0.05, 0.1) is 67.9 Å². The molecular weight excluding hydrogens is 471 g/mol. The number of aryl methyl sites for hydroxylation is 1. The van der Waals surface area contributed by atoms with Crippen LogP contribution < -0.4 is 10.2 Å². The quantitative estimate of drug-likeness (QED) is 0.463. The summed E-state index contributed by atoms with van der Waals surface area (Å²) in [5, 5.41) is 23.1. The van der Waals surface area contributed by atoms with Gasteiger partial charge in [-0.25, -0.2) is 4.79 Å². The van der Waals surface area contributed by atoms with Crippen LogP contribution in [0.25, 0.3) is 0 Å². The van der Waals surface area contributed by atoms with E-state index in [9.17, 15) is 23.1 Å². The molecule has 4 rings (SSSR count). The van der Waals surface area contributed by atoms with Gasteiger partial charge in [0.15, 0.2) is 5.88 Å². The maximum atomic E-state index is 13.4. The van der Waals surface area contributed by atoms with Crippen LogP contribution >= 0.6 is 0 Å². The number of carbonyl (C=O) groups is 1. The molecule has 0 saturated carbocycles. The second-order valence-electron chi connectivity index (χ2n) is 9.81. The number of hydrogen-bond acceptors (Lipinski definition) is 3. The van der Waals surface area contributed by atoms with Crippen LogP contribution in [0.1, 0.15) is 34.7 Å². The molecule has 3 aromatic rings. The Hall–Kier alpha value is -3.97. The zero-order valence-electron chi connectivity index (χ0n) is 20.2.